The van der Waals surface area contributed by atoms with Gasteiger partial charge in [0.1, 0.15) is 0 Å². The highest BCUT2D eigenvalue weighted by molar-refractivity contribution is 9.09. The van der Waals surface area contributed by atoms with Crippen molar-refractivity contribution in [3.05, 3.63) is 59.7 Å². The number of ketones is 1. The molecule has 0 radical (unpaired) electrons. The summed E-state index contributed by atoms with van der Waals surface area (Å²) in [6, 6.07) is 13.5. The zero-order chi connectivity index (χ0) is 18.7. The van der Waals surface area contributed by atoms with E-state index in [0.717, 1.165) is 0 Å². The molecule has 132 valence electrons. The van der Waals surface area contributed by atoms with Crippen molar-refractivity contribution in [1.82, 2.24) is 5.06 Å². The van der Waals surface area contributed by atoms with Crippen LogP contribution < -0.4 is 0 Å². The van der Waals surface area contributed by atoms with Gasteiger partial charge in [-0.15, -0.1) is 5.06 Å². The summed E-state index contributed by atoms with van der Waals surface area (Å²) in [5.74, 6) is -1.89. The van der Waals surface area contributed by atoms with Gasteiger partial charge in [-0.2, -0.15) is 0 Å². The highest BCUT2D eigenvalue weighted by Crippen LogP contribution is 2.26. The quantitative estimate of drug-likeness (QED) is 0.425. The molecule has 0 N–H and O–H groups in total. The summed E-state index contributed by atoms with van der Waals surface area (Å²) in [5.41, 5.74) is 2.07. The van der Waals surface area contributed by atoms with Crippen LogP contribution in [0.25, 0.3) is 11.1 Å². The molecular weight excluding hydrogens is 402 g/mol. The summed E-state index contributed by atoms with van der Waals surface area (Å²) in [7, 11) is 0. The molecule has 1 heterocycles. The van der Waals surface area contributed by atoms with Gasteiger partial charge in [0.15, 0.2) is 5.78 Å². The zero-order valence-corrected chi connectivity index (χ0v) is 15.2. The van der Waals surface area contributed by atoms with Gasteiger partial charge in [-0.1, -0.05) is 58.4 Å². The van der Waals surface area contributed by atoms with Gasteiger partial charge in [0.2, 0.25) is 0 Å². The van der Waals surface area contributed by atoms with Crippen LogP contribution in [-0.4, -0.2) is 34.0 Å². The van der Waals surface area contributed by atoms with Gasteiger partial charge in [-0.25, -0.2) is 4.79 Å². The lowest BCUT2D eigenvalue weighted by molar-refractivity contribution is -0.172. The van der Waals surface area contributed by atoms with Gasteiger partial charge >= 0.3 is 5.97 Å². The van der Waals surface area contributed by atoms with Crippen LogP contribution in [0.5, 0.6) is 0 Å². The van der Waals surface area contributed by atoms with Crippen LogP contribution in [0.3, 0.4) is 0 Å². The molecule has 1 aliphatic rings. The Bertz CT molecular complexity index is 875. The zero-order valence-electron chi connectivity index (χ0n) is 13.6. The van der Waals surface area contributed by atoms with Crippen LogP contribution in [-0.2, 0) is 14.4 Å². The predicted octanol–water partition coefficient (Wildman–Crippen LogP) is 3.15. The van der Waals surface area contributed by atoms with Crippen molar-refractivity contribution in [3.63, 3.8) is 0 Å². The maximum absolute atomic E-state index is 12.5. The van der Waals surface area contributed by atoms with Crippen LogP contribution in [0.1, 0.15) is 33.6 Å². The van der Waals surface area contributed by atoms with Crippen molar-refractivity contribution < 1.29 is 24.0 Å². The van der Waals surface area contributed by atoms with Crippen molar-refractivity contribution in [1.29, 1.82) is 0 Å². The Labute approximate surface area is 157 Å². The first-order valence-electron chi connectivity index (χ1n) is 7.88. The molecule has 0 bridgehead atoms. The minimum atomic E-state index is -0.787. The van der Waals surface area contributed by atoms with E-state index in [-0.39, 0.29) is 29.5 Å². The molecule has 0 spiro atoms. The van der Waals surface area contributed by atoms with E-state index in [1.54, 1.807) is 48.5 Å². The van der Waals surface area contributed by atoms with Gasteiger partial charge in [-0.3, -0.25) is 14.4 Å². The maximum Gasteiger partial charge on any atom is 0.364 e. The van der Waals surface area contributed by atoms with E-state index in [2.05, 4.69) is 15.9 Å². The molecule has 1 aliphatic heterocycles. The summed E-state index contributed by atoms with van der Waals surface area (Å²) < 4.78 is 0. The minimum absolute atomic E-state index is 0.0385. The van der Waals surface area contributed by atoms with E-state index in [1.165, 1.54) is 0 Å². The van der Waals surface area contributed by atoms with Crippen molar-refractivity contribution >= 4 is 39.5 Å². The van der Waals surface area contributed by atoms with E-state index < -0.39 is 17.8 Å². The molecule has 2 aromatic carbocycles. The first-order valence-corrected chi connectivity index (χ1v) is 9.00. The summed E-state index contributed by atoms with van der Waals surface area (Å²) in [4.78, 5) is 52.4. The normalized spacial score (nSPS) is 13.8. The monoisotopic (exact) mass is 415 g/mol. The Morgan fingerprint density at radius 1 is 0.962 bits per heavy atom. The molecule has 0 atom stereocenters. The molecule has 0 aliphatic carbocycles. The third-order valence-corrected chi connectivity index (χ3v) is 4.48. The molecular formula is C19H14BrNO5. The van der Waals surface area contributed by atoms with Crippen LogP contribution in [0.4, 0.5) is 0 Å². The van der Waals surface area contributed by atoms with Gasteiger partial charge in [0.25, 0.3) is 11.8 Å². The number of carbonyl (C=O) groups excluding carboxylic acids is 4. The molecule has 7 heteroatoms. The number of Topliss-reactive ketones (excluding diaryl/α,β-unsaturated/α-hetero) is 1. The lowest BCUT2D eigenvalue weighted by Crippen LogP contribution is -2.32. The second kappa shape index (κ2) is 7.61. The molecule has 3 rings (SSSR count). The SMILES string of the molecule is O=C(CBr)c1ccc(-c2ccccc2C(=O)ON2C(=O)CCC2=O)cc1. The average molecular weight is 416 g/mol. The third-order valence-electron chi connectivity index (χ3n) is 3.97. The van der Waals surface area contributed by atoms with Gasteiger partial charge in [-0.05, 0) is 17.2 Å². The van der Waals surface area contributed by atoms with E-state index >= 15 is 0 Å². The van der Waals surface area contributed by atoms with Gasteiger partial charge in [0, 0.05) is 18.4 Å². The van der Waals surface area contributed by atoms with E-state index in [4.69, 9.17) is 4.84 Å². The van der Waals surface area contributed by atoms with Crippen molar-refractivity contribution in [2.45, 2.75) is 12.8 Å². The first-order chi connectivity index (χ1) is 12.5. The molecule has 0 unspecified atom stereocenters. The topological polar surface area (TPSA) is 80.8 Å². The lowest BCUT2D eigenvalue weighted by atomic mass is 9.98. The Morgan fingerprint density at radius 2 is 1.58 bits per heavy atom. The van der Waals surface area contributed by atoms with Crippen molar-refractivity contribution in [3.8, 4) is 11.1 Å². The fourth-order valence-corrected chi connectivity index (χ4v) is 2.94. The number of hydrogen-bond donors (Lipinski definition) is 0. The number of halogens is 1. The molecule has 0 aromatic heterocycles. The van der Waals surface area contributed by atoms with Gasteiger partial charge in [0.05, 0.1) is 10.9 Å². The van der Waals surface area contributed by atoms with Gasteiger partial charge < -0.3 is 4.84 Å². The Morgan fingerprint density at radius 3 is 2.19 bits per heavy atom. The van der Waals surface area contributed by atoms with Crippen LogP contribution in [0.2, 0.25) is 0 Å². The Balaban J connectivity index is 1.88. The van der Waals surface area contributed by atoms with E-state index in [9.17, 15) is 19.2 Å². The molecule has 0 saturated carbocycles. The number of hydrogen-bond acceptors (Lipinski definition) is 5. The number of hydroxylamine groups is 2. The van der Waals surface area contributed by atoms with E-state index in [0.29, 0.717) is 21.8 Å². The molecule has 1 saturated heterocycles. The number of rotatable bonds is 5. The van der Waals surface area contributed by atoms with Crippen molar-refractivity contribution in [2.24, 2.45) is 0 Å². The average Bonchev–Trinajstić information content (AvgIpc) is 2.99. The number of amides is 2. The highest BCUT2D eigenvalue weighted by atomic mass is 79.9. The fraction of sp³-hybridized carbons (Fsp3) is 0.158. The number of carbonyl (C=O) groups is 4. The number of nitrogens with zero attached hydrogens (tertiary/aromatic N) is 1. The summed E-state index contributed by atoms with van der Waals surface area (Å²) in [5, 5.41) is 0.754. The van der Waals surface area contributed by atoms with Crippen LogP contribution >= 0.6 is 15.9 Å². The third kappa shape index (κ3) is 3.57. The number of imide groups is 1. The molecule has 2 aromatic rings. The number of alkyl halides is 1. The fourth-order valence-electron chi connectivity index (χ4n) is 2.62. The minimum Gasteiger partial charge on any atom is -0.325 e. The summed E-state index contributed by atoms with van der Waals surface area (Å²) >= 11 is 3.13. The highest BCUT2D eigenvalue weighted by Gasteiger charge is 2.33. The van der Waals surface area contributed by atoms with E-state index in [1.807, 2.05) is 0 Å². The smallest absolute Gasteiger partial charge is 0.325 e. The number of benzene rings is 2. The van der Waals surface area contributed by atoms with Crippen molar-refractivity contribution in [2.75, 3.05) is 5.33 Å². The Hall–Kier alpha value is -2.80. The molecule has 1 fully saturated rings. The second-order valence-corrected chi connectivity index (χ2v) is 6.20. The largest absolute Gasteiger partial charge is 0.364 e. The summed E-state index contributed by atoms with van der Waals surface area (Å²) in [6.45, 7) is 0. The molecule has 2 amide bonds. The summed E-state index contributed by atoms with van der Waals surface area (Å²) in [6.07, 6.45) is 0.0770. The second-order valence-electron chi connectivity index (χ2n) is 5.64. The molecule has 26 heavy (non-hydrogen) atoms. The standard InChI is InChI=1S/C19H14BrNO5/c20-11-16(22)13-7-5-12(6-8-13)14-3-1-2-4-15(14)19(25)26-21-17(23)9-10-18(21)24/h1-8H,9-11H2. The predicted molar refractivity (Wildman–Crippen MR) is 96.5 cm³/mol. The maximum atomic E-state index is 12.5. The molecule has 6 nitrogen and oxygen atoms in total. The van der Waals surface area contributed by atoms with Crippen LogP contribution in [0, 0.1) is 0 Å². The lowest BCUT2D eigenvalue weighted by Gasteiger charge is -2.14. The first kappa shape index (κ1) is 18.0. The Kier molecular flexibility index (Phi) is 5.27. The van der Waals surface area contributed by atoms with Crippen LogP contribution in [0.15, 0.2) is 48.5 Å².